The molecule has 2 aliphatic rings. The van der Waals surface area contributed by atoms with Crippen molar-refractivity contribution >= 4 is 35.6 Å². The van der Waals surface area contributed by atoms with Crippen LogP contribution in [0.3, 0.4) is 0 Å². The van der Waals surface area contributed by atoms with E-state index in [1.165, 1.54) is 24.3 Å². The topological polar surface area (TPSA) is 149 Å². The lowest BCUT2D eigenvalue weighted by Crippen LogP contribution is -2.47. The summed E-state index contributed by atoms with van der Waals surface area (Å²) in [5, 5.41) is 18.5. The third-order valence-corrected chi connectivity index (χ3v) is 5.68. The fraction of sp³-hybridized carbons (Fsp3) is 0.167. The molecule has 2 heterocycles. The summed E-state index contributed by atoms with van der Waals surface area (Å²) in [6.07, 6.45) is 1.37. The van der Waals surface area contributed by atoms with Crippen molar-refractivity contribution in [1.29, 1.82) is 0 Å². The number of fused-ring (bicyclic) bond motifs is 2. The first kappa shape index (κ1) is 22.8. The maximum atomic E-state index is 13.2. The standard InChI is InChI=1S/C24H18N2O8/c1-2-3-4-5-18(25-19(27)14-8-6-12(23(31)32)10-16(14)21(25)29)26-20(28)15-9-7-13(24(33)34)11-17(15)22(26)30/h6-11H,1-5H2,(H,31,32)(H,33,34). The number of carboxylic acids is 2. The van der Waals surface area contributed by atoms with E-state index in [2.05, 4.69) is 6.92 Å². The molecule has 10 heteroatoms. The Hall–Kier alpha value is -4.34. The molecular formula is C24H18N2O8. The first-order valence-corrected chi connectivity index (χ1v) is 10.3. The zero-order valence-corrected chi connectivity index (χ0v) is 17.7. The average Bonchev–Trinajstić information content (AvgIpc) is 3.21. The summed E-state index contributed by atoms with van der Waals surface area (Å²) in [4.78, 5) is 76.8. The van der Waals surface area contributed by atoms with Crippen molar-refractivity contribution in [1.82, 2.24) is 9.80 Å². The van der Waals surface area contributed by atoms with Gasteiger partial charge in [-0.2, -0.15) is 0 Å². The number of carbonyl (C=O) groups is 6. The lowest BCUT2D eigenvalue weighted by molar-refractivity contribution is 0.0465. The van der Waals surface area contributed by atoms with Gasteiger partial charge in [-0.05, 0) is 49.2 Å². The fourth-order valence-corrected chi connectivity index (χ4v) is 4.00. The van der Waals surface area contributed by atoms with E-state index in [1.54, 1.807) is 0 Å². The fourth-order valence-electron chi connectivity index (χ4n) is 4.00. The Kier molecular flexibility index (Phi) is 5.74. The molecule has 2 aromatic rings. The Labute approximate surface area is 193 Å². The molecule has 2 aromatic carbocycles. The SMILES string of the molecule is [CH2]CCCC[C](N1C(=O)c2ccc(C(=O)O)cc2C1=O)N1C(=O)c2ccc(C(=O)O)cc2C1=O. The van der Waals surface area contributed by atoms with Gasteiger partial charge in [0.2, 0.25) is 0 Å². The van der Waals surface area contributed by atoms with Crippen LogP contribution in [0.4, 0.5) is 0 Å². The monoisotopic (exact) mass is 462 g/mol. The number of carboxylic acid groups (broad SMARTS) is 2. The second kappa shape index (κ2) is 8.54. The van der Waals surface area contributed by atoms with Crippen molar-refractivity contribution in [3.63, 3.8) is 0 Å². The summed E-state index contributed by atoms with van der Waals surface area (Å²) >= 11 is 0. The van der Waals surface area contributed by atoms with Crippen molar-refractivity contribution in [2.45, 2.75) is 25.7 Å². The summed E-state index contributed by atoms with van der Waals surface area (Å²) in [6, 6.07) is 6.96. The van der Waals surface area contributed by atoms with Gasteiger partial charge >= 0.3 is 11.9 Å². The predicted octanol–water partition coefficient (Wildman–Crippen LogP) is 2.86. The van der Waals surface area contributed by atoms with Crippen LogP contribution in [0.1, 0.15) is 87.8 Å². The smallest absolute Gasteiger partial charge is 0.335 e. The van der Waals surface area contributed by atoms with Gasteiger partial charge in [-0.25, -0.2) is 19.4 Å². The van der Waals surface area contributed by atoms with Gasteiger partial charge in [-0.15, -0.1) is 0 Å². The molecule has 0 spiro atoms. The molecule has 2 aliphatic heterocycles. The van der Waals surface area contributed by atoms with E-state index in [0.29, 0.717) is 19.3 Å². The summed E-state index contributed by atoms with van der Waals surface area (Å²) in [5.41, 5.74) is -0.776. The average molecular weight is 462 g/mol. The molecule has 0 aliphatic carbocycles. The van der Waals surface area contributed by atoms with Crippen molar-refractivity contribution in [3.8, 4) is 0 Å². The van der Waals surface area contributed by atoms with Crippen LogP contribution < -0.4 is 0 Å². The van der Waals surface area contributed by atoms with Crippen LogP contribution in [-0.2, 0) is 0 Å². The third-order valence-electron chi connectivity index (χ3n) is 5.68. The van der Waals surface area contributed by atoms with Crippen LogP contribution in [0.25, 0.3) is 0 Å². The summed E-state index contributed by atoms with van der Waals surface area (Å²) in [5.74, 6) is -5.84. The zero-order chi connectivity index (χ0) is 24.7. The van der Waals surface area contributed by atoms with Crippen LogP contribution in [-0.4, -0.2) is 55.6 Å². The zero-order valence-electron chi connectivity index (χ0n) is 17.7. The lowest BCUT2D eigenvalue weighted by atomic mass is 10.1. The van der Waals surface area contributed by atoms with Gasteiger partial charge in [0.05, 0.1) is 33.4 Å². The van der Waals surface area contributed by atoms with Crippen LogP contribution in [0.2, 0.25) is 0 Å². The molecule has 0 atom stereocenters. The number of carbonyl (C=O) groups excluding carboxylic acids is 4. The minimum atomic E-state index is -1.28. The van der Waals surface area contributed by atoms with Gasteiger partial charge in [0.15, 0.2) is 6.17 Å². The molecule has 0 aromatic heterocycles. The van der Waals surface area contributed by atoms with Gasteiger partial charge in [0.25, 0.3) is 23.6 Å². The van der Waals surface area contributed by atoms with E-state index in [0.717, 1.165) is 21.9 Å². The van der Waals surface area contributed by atoms with Crippen molar-refractivity contribution in [2.24, 2.45) is 0 Å². The molecule has 0 bridgehead atoms. The van der Waals surface area contributed by atoms with E-state index in [1.807, 2.05) is 0 Å². The Morgan fingerprint density at radius 2 is 1.09 bits per heavy atom. The van der Waals surface area contributed by atoms with Gasteiger partial charge < -0.3 is 10.2 Å². The highest BCUT2D eigenvalue weighted by molar-refractivity contribution is 6.26. The van der Waals surface area contributed by atoms with Gasteiger partial charge in [0, 0.05) is 0 Å². The van der Waals surface area contributed by atoms with Crippen LogP contribution in [0.15, 0.2) is 36.4 Å². The molecule has 2 radical (unpaired) electrons. The van der Waals surface area contributed by atoms with E-state index in [-0.39, 0.29) is 46.0 Å². The predicted molar refractivity (Wildman–Crippen MR) is 115 cm³/mol. The molecule has 2 N–H and O–H groups in total. The molecule has 0 saturated heterocycles. The van der Waals surface area contributed by atoms with Gasteiger partial charge in [0.1, 0.15) is 0 Å². The molecule has 4 rings (SSSR count). The number of hydrogen-bond acceptors (Lipinski definition) is 6. The second-order valence-electron chi connectivity index (χ2n) is 7.75. The minimum absolute atomic E-state index is 0.00400. The molecule has 0 saturated carbocycles. The van der Waals surface area contributed by atoms with Gasteiger partial charge in [-0.3, -0.25) is 19.2 Å². The molecule has 10 nitrogen and oxygen atoms in total. The number of aromatic carboxylic acids is 2. The Morgan fingerprint density at radius 3 is 1.47 bits per heavy atom. The van der Waals surface area contributed by atoms with Crippen LogP contribution in [0.5, 0.6) is 0 Å². The number of benzene rings is 2. The van der Waals surface area contributed by atoms with E-state index in [4.69, 9.17) is 0 Å². The van der Waals surface area contributed by atoms with Gasteiger partial charge in [-0.1, -0.05) is 19.8 Å². The summed E-state index contributed by atoms with van der Waals surface area (Å²) in [7, 11) is 0. The summed E-state index contributed by atoms with van der Waals surface area (Å²) in [6.45, 7) is 3.74. The number of imide groups is 2. The number of unbranched alkanes of at least 4 members (excludes halogenated alkanes) is 2. The maximum Gasteiger partial charge on any atom is 0.335 e. The van der Waals surface area contributed by atoms with Crippen LogP contribution in [0, 0.1) is 13.1 Å². The highest BCUT2D eigenvalue weighted by Crippen LogP contribution is 2.37. The van der Waals surface area contributed by atoms with E-state index >= 15 is 0 Å². The normalized spacial score (nSPS) is 14.8. The highest BCUT2D eigenvalue weighted by Gasteiger charge is 2.49. The molecule has 4 amide bonds. The molecule has 0 fully saturated rings. The van der Waals surface area contributed by atoms with E-state index in [9.17, 15) is 39.0 Å². The molecular weight excluding hydrogens is 444 g/mol. The quantitative estimate of drug-likeness (QED) is 0.449. The first-order valence-electron chi connectivity index (χ1n) is 10.3. The highest BCUT2D eigenvalue weighted by atomic mass is 16.4. The number of amides is 4. The number of rotatable bonds is 8. The first-order chi connectivity index (χ1) is 16.2. The Balaban J connectivity index is 1.75. The number of hydrogen-bond donors (Lipinski definition) is 2. The number of nitrogens with zero attached hydrogens (tertiary/aromatic N) is 2. The van der Waals surface area contributed by atoms with Crippen LogP contribution >= 0.6 is 0 Å². The lowest BCUT2D eigenvalue weighted by Gasteiger charge is -2.31. The van der Waals surface area contributed by atoms with Crippen molar-refractivity contribution < 1.29 is 39.0 Å². The minimum Gasteiger partial charge on any atom is -0.478 e. The third kappa shape index (κ3) is 3.53. The second-order valence-corrected chi connectivity index (χ2v) is 7.75. The summed E-state index contributed by atoms with van der Waals surface area (Å²) < 4.78 is 0. The molecule has 172 valence electrons. The van der Waals surface area contributed by atoms with E-state index < -0.39 is 35.6 Å². The largest absolute Gasteiger partial charge is 0.478 e. The van der Waals surface area contributed by atoms with Crippen molar-refractivity contribution in [3.05, 3.63) is 82.9 Å². The molecule has 0 unspecified atom stereocenters. The van der Waals surface area contributed by atoms with Crippen molar-refractivity contribution in [2.75, 3.05) is 0 Å². The molecule has 34 heavy (non-hydrogen) atoms. The maximum absolute atomic E-state index is 13.2. The Morgan fingerprint density at radius 1 is 0.676 bits per heavy atom. The Bertz CT molecular complexity index is 1190.